The molecule has 1 amide bonds. The Hall–Kier alpha value is -2.77. The molecule has 5 rings (SSSR count). The number of benzene rings is 1. The maximum absolute atomic E-state index is 13.5. The van der Waals surface area contributed by atoms with Gasteiger partial charge in [-0.15, -0.1) is 0 Å². The van der Waals surface area contributed by atoms with Crippen molar-refractivity contribution < 1.29 is 9.53 Å². The summed E-state index contributed by atoms with van der Waals surface area (Å²) < 4.78 is 7.85. The highest BCUT2D eigenvalue weighted by Gasteiger charge is 2.38. The zero-order valence-electron chi connectivity index (χ0n) is 16.4. The van der Waals surface area contributed by atoms with Crippen LogP contribution in [-0.2, 0) is 4.74 Å². The van der Waals surface area contributed by atoms with Gasteiger partial charge in [0, 0.05) is 31.5 Å². The van der Waals surface area contributed by atoms with E-state index in [9.17, 15) is 4.79 Å². The summed E-state index contributed by atoms with van der Waals surface area (Å²) in [5.74, 6) is -0.0703. The van der Waals surface area contributed by atoms with E-state index in [4.69, 9.17) is 4.74 Å². The first-order valence-corrected chi connectivity index (χ1v) is 10.3. The molecule has 7 nitrogen and oxygen atoms in total. The van der Waals surface area contributed by atoms with Crippen molar-refractivity contribution >= 4 is 11.6 Å². The van der Waals surface area contributed by atoms with Crippen LogP contribution in [0.1, 0.15) is 34.9 Å². The zero-order chi connectivity index (χ0) is 19.6. The number of amides is 1. The zero-order valence-corrected chi connectivity index (χ0v) is 16.4. The quantitative estimate of drug-likeness (QED) is 0.683. The Morgan fingerprint density at radius 1 is 1.10 bits per heavy atom. The summed E-state index contributed by atoms with van der Waals surface area (Å²) in [4.78, 5) is 22.2. The molecule has 29 heavy (non-hydrogen) atoms. The topological polar surface area (TPSA) is 63.0 Å². The smallest absolute Gasteiger partial charge is 0.275 e. The molecule has 0 unspecified atom stereocenters. The van der Waals surface area contributed by atoms with Crippen molar-refractivity contribution in [1.82, 2.24) is 24.4 Å². The highest BCUT2D eigenvalue weighted by atomic mass is 16.5. The van der Waals surface area contributed by atoms with Gasteiger partial charge in [0.25, 0.3) is 5.91 Å². The largest absolute Gasteiger partial charge is 0.373 e. The van der Waals surface area contributed by atoms with E-state index in [1.807, 2.05) is 35.4 Å². The number of carbonyl (C=O) groups excluding carboxylic acids is 1. The van der Waals surface area contributed by atoms with Crippen molar-refractivity contribution in [2.45, 2.75) is 25.0 Å². The summed E-state index contributed by atoms with van der Waals surface area (Å²) in [5.41, 5.74) is 2.20. The van der Waals surface area contributed by atoms with Crippen LogP contribution in [-0.4, -0.2) is 69.2 Å². The summed E-state index contributed by atoms with van der Waals surface area (Å²) in [7, 11) is 0. The number of carbonyl (C=O) groups is 1. The highest BCUT2D eigenvalue weighted by molar-refractivity contribution is 5.93. The Kier molecular flexibility index (Phi) is 4.99. The number of morpholine rings is 1. The number of hydrogen-bond donors (Lipinski definition) is 0. The van der Waals surface area contributed by atoms with E-state index in [-0.39, 0.29) is 18.1 Å². The van der Waals surface area contributed by atoms with E-state index in [0.29, 0.717) is 24.5 Å². The van der Waals surface area contributed by atoms with E-state index in [1.54, 1.807) is 16.8 Å². The lowest BCUT2D eigenvalue weighted by Gasteiger charge is -2.42. The van der Waals surface area contributed by atoms with Crippen LogP contribution in [0.3, 0.4) is 0 Å². The third kappa shape index (κ3) is 3.63. The van der Waals surface area contributed by atoms with Crippen molar-refractivity contribution in [3.05, 3.63) is 66.1 Å². The van der Waals surface area contributed by atoms with E-state index >= 15 is 0 Å². The molecule has 2 aliphatic heterocycles. The SMILES string of the molecule is O=C(c1cc2ncccn2n1)N1CCO[C@@H](CN2CCCC2)[C@@H]1c1ccccc1. The van der Waals surface area contributed by atoms with Crippen LogP contribution in [0.25, 0.3) is 5.65 Å². The van der Waals surface area contributed by atoms with E-state index in [2.05, 4.69) is 27.1 Å². The molecule has 1 aromatic carbocycles. The van der Waals surface area contributed by atoms with E-state index in [1.165, 1.54) is 12.8 Å². The normalized spacial score (nSPS) is 23.0. The Morgan fingerprint density at radius 2 is 1.93 bits per heavy atom. The van der Waals surface area contributed by atoms with Crippen molar-refractivity contribution in [2.24, 2.45) is 0 Å². The molecule has 0 bridgehead atoms. The fourth-order valence-corrected chi connectivity index (χ4v) is 4.46. The predicted molar refractivity (Wildman–Crippen MR) is 109 cm³/mol. The van der Waals surface area contributed by atoms with Crippen LogP contribution < -0.4 is 0 Å². The molecular formula is C22H25N5O2. The average molecular weight is 391 g/mol. The second-order valence-corrected chi connectivity index (χ2v) is 7.72. The second kappa shape index (κ2) is 7.93. The number of rotatable bonds is 4. The van der Waals surface area contributed by atoms with Gasteiger partial charge in [0.1, 0.15) is 0 Å². The first kappa shape index (κ1) is 18.3. The molecule has 2 atom stereocenters. The molecule has 0 saturated carbocycles. The van der Waals surface area contributed by atoms with E-state index < -0.39 is 0 Å². The first-order valence-electron chi connectivity index (χ1n) is 10.3. The van der Waals surface area contributed by atoms with Crippen LogP contribution >= 0.6 is 0 Å². The van der Waals surface area contributed by atoms with Gasteiger partial charge in [-0.3, -0.25) is 4.79 Å². The van der Waals surface area contributed by atoms with Crippen LogP contribution in [0, 0.1) is 0 Å². The molecule has 2 aromatic heterocycles. The third-order valence-electron chi connectivity index (χ3n) is 5.85. The third-order valence-corrected chi connectivity index (χ3v) is 5.85. The molecule has 0 radical (unpaired) electrons. The molecule has 7 heteroatoms. The van der Waals surface area contributed by atoms with Gasteiger partial charge in [-0.05, 0) is 37.6 Å². The molecule has 4 heterocycles. The minimum atomic E-state index is -0.129. The minimum Gasteiger partial charge on any atom is -0.373 e. The van der Waals surface area contributed by atoms with Crippen LogP contribution in [0.2, 0.25) is 0 Å². The molecular weight excluding hydrogens is 366 g/mol. The molecule has 0 N–H and O–H groups in total. The van der Waals surface area contributed by atoms with Crippen LogP contribution in [0.15, 0.2) is 54.9 Å². The number of ether oxygens (including phenoxy) is 1. The number of aromatic nitrogens is 3. The average Bonchev–Trinajstić information content (AvgIpc) is 3.43. The summed E-state index contributed by atoms with van der Waals surface area (Å²) in [6.07, 6.45) is 5.94. The number of fused-ring (bicyclic) bond motifs is 1. The monoisotopic (exact) mass is 391 g/mol. The van der Waals surface area contributed by atoms with Gasteiger partial charge in [0.05, 0.1) is 18.8 Å². The molecule has 2 fully saturated rings. The Balaban J connectivity index is 1.47. The van der Waals surface area contributed by atoms with Crippen molar-refractivity contribution in [3.8, 4) is 0 Å². The van der Waals surface area contributed by atoms with Crippen LogP contribution in [0.5, 0.6) is 0 Å². The number of nitrogens with zero attached hydrogens (tertiary/aromatic N) is 5. The van der Waals surface area contributed by atoms with Gasteiger partial charge < -0.3 is 14.5 Å². The Morgan fingerprint density at radius 3 is 2.72 bits per heavy atom. The fourth-order valence-electron chi connectivity index (χ4n) is 4.46. The maximum atomic E-state index is 13.5. The Bertz CT molecular complexity index is 950. The maximum Gasteiger partial charge on any atom is 0.275 e. The predicted octanol–water partition coefficient (Wildman–Crippen LogP) is 2.41. The summed E-state index contributed by atoms with van der Waals surface area (Å²) in [6, 6.07) is 13.7. The molecule has 3 aromatic rings. The number of hydrogen-bond acceptors (Lipinski definition) is 5. The molecule has 0 aliphatic carbocycles. The minimum absolute atomic E-state index is 0.0524. The lowest BCUT2D eigenvalue weighted by Crippen LogP contribution is -2.51. The van der Waals surface area contributed by atoms with Gasteiger partial charge >= 0.3 is 0 Å². The fraction of sp³-hybridized carbons (Fsp3) is 0.409. The van der Waals surface area contributed by atoms with Gasteiger partial charge in [0.2, 0.25) is 0 Å². The number of likely N-dealkylation sites (tertiary alicyclic amines) is 1. The molecule has 0 spiro atoms. The van der Waals surface area contributed by atoms with Crippen molar-refractivity contribution in [2.75, 3.05) is 32.8 Å². The lowest BCUT2D eigenvalue weighted by atomic mass is 9.97. The van der Waals surface area contributed by atoms with Gasteiger partial charge in [-0.2, -0.15) is 5.10 Å². The molecule has 150 valence electrons. The van der Waals surface area contributed by atoms with Crippen molar-refractivity contribution in [1.29, 1.82) is 0 Å². The second-order valence-electron chi connectivity index (χ2n) is 7.72. The standard InChI is InChI=1S/C22H25N5O2/c28-22(18-15-20-23-9-6-12-27(20)24-18)26-13-14-29-19(16-25-10-4-5-11-25)21(26)17-7-2-1-3-8-17/h1-3,6-9,12,15,19,21H,4-5,10-11,13-14,16H2/t19-,21-/m0/s1. The van der Waals surface area contributed by atoms with E-state index in [0.717, 1.165) is 25.2 Å². The lowest BCUT2D eigenvalue weighted by molar-refractivity contribution is -0.0708. The summed E-state index contributed by atoms with van der Waals surface area (Å²) in [6.45, 7) is 4.15. The van der Waals surface area contributed by atoms with Crippen LogP contribution in [0.4, 0.5) is 0 Å². The van der Waals surface area contributed by atoms with Gasteiger partial charge in [-0.25, -0.2) is 9.50 Å². The van der Waals surface area contributed by atoms with Crippen molar-refractivity contribution in [3.63, 3.8) is 0 Å². The molecule has 2 aliphatic rings. The first-order chi connectivity index (χ1) is 14.3. The summed E-state index contributed by atoms with van der Waals surface area (Å²) >= 11 is 0. The summed E-state index contributed by atoms with van der Waals surface area (Å²) in [5, 5.41) is 4.46. The van der Waals surface area contributed by atoms with Gasteiger partial charge in [-0.1, -0.05) is 30.3 Å². The highest BCUT2D eigenvalue weighted by Crippen LogP contribution is 2.32. The molecule has 2 saturated heterocycles. The van der Waals surface area contributed by atoms with Gasteiger partial charge in [0.15, 0.2) is 11.3 Å². The Labute approximate surface area is 169 Å².